The third-order valence-electron chi connectivity index (χ3n) is 2.58. The van der Waals surface area contributed by atoms with Gasteiger partial charge in [-0.25, -0.2) is 0 Å². The Morgan fingerprint density at radius 1 is 1.11 bits per heavy atom. The molecule has 0 fully saturated rings. The van der Waals surface area contributed by atoms with E-state index in [4.69, 9.17) is 14.7 Å². The molecule has 0 bridgehead atoms. The molecular formula is C13H11N3O2. The van der Waals surface area contributed by atoms with E-state index in [-0.39, 0.29) is 0 Å². The van der Waals surface area contributed by atoms with Crippen LogP contribution in [0.5, 0.6) is 0 Å². The molecule has 0 saturated carbocycles. The molecule has 1 aromatic carbocycles. The van der Waals surface area contributed by atoms with E-state index in [1.165, 1.54) is 0 Å². The van der Waals surface area contributed by atoms with Crippen LogP contribution in [0.2, 0.25) is 0 Å². The van der Waals surface area contributed by atoms with Crippen molar-refractivity contribution in [2.75, 3.05) is 5.73 Å². The molecule has 0 aliphatic heterocycles. The number of aryl methyl sites for hydroxylation is 1. The van der Waals surface area contributed by atoms with Gasteiger partial charge in [0.05, 0.1) is 0 Å². The second-order valence-electron chi connectivity index (χ2n) is 3.92. The van der Waals surface area contributed by atoms with Gasteiger partial charge in [0.15, 0.2) is 5.76 Å². The third kappa shape index (κ3) is 1.75. The predicted octanol–water partition coefficient (Wildman–Crippen LogP) is 2.89. The first-order valence-electron chi connectivity index (χ1n) is 5.49. The number of nitrogen functional groups attached to an aromatic ring is 1. The minimum atomic E-state index is 0.348. The average molecular weight is 241 g/mol. The van der Waals surface area contributed by atoms with Crippen molar-refractivity contribution in [2.45, 2.75) is 6.92 Å². The SMILES string of the molecule is Cc1ccc(-c2nc(-c3ccccc3N)no2)o1. The summed E-state index contributed by atoms with van der Waals surface area (Å²) in [6.45, 7) is 1.86. The van der Waals surface area contributed by atoms with E-state index < -0.39 is 0 Å². The fourth-order valence-electron chi connectivity index (χ4n) is 1.68. The first-order chi connectivity index (χ1) is 8.74. The summed E-state index contributed by atoms with van der Waals surface area (Å²) in [5.74, 6) is 2.16. The number of nitrogens with zero attached hydrogens (tertiary/aromatic N) is 2. The zero-order chi connectivity index (χ0) is 12.5. The molecule has 2 aromatic heterocycles. The highest BCUT2D eigenvalue weighted by molar-refractivity contribution is 5.71. The van der Waals surface area contributed by atoms with E-state index in [2.05, 4.69) is 10.1 Å². The van der Waals surface area contributed by atoms with Gasteiger partial charge in [0, 0.05) is 11.3 Å². The monoisotopic (exact) mass is 241 g/mol. The van der Waals surface area contributed by atoms with E-state index in [0.717, 1.165) is 11.3 Å². The van der Waals surface area contributed by atoms with Crippen LogP contribution in [0, 0.1) is 6.92 Å². The standard InChI is InChI=1S/C13H11N3O2/c1-8-6-7-11(17-8)13-15-12(16-18-13)9-4-2-3-5-10(9)14/h2-7H,14H2,1H3. The van der Waals surface area contributed by atoms with Gasteiger partial charge in [-0.05, 0) is 31.2 Å². The molecule has 3 aromatic rings. The molecule has 0 unspecified atom stereocenters. The molecule has 0 radical (unpaired) electrons. The number of benzene rings is 1. The summed E-state index contributed by atoms with van der Waals surface area (Å²) in [5, 5.41) is 3.91. The summed E-state index contributed by atoms with van der Waals surface area (Å²) in [4.78, 5) is 4.27. The summed E-state index contributed by atoms with van der Waals surface area (Å²) < 4.78 is 10.6. The normalized spacial score (nSPS) is 10.7. The number of nitrogens with two attached hydrogens (primary N) is 1. The largest absolute Gasteiger partial charge is 0.456 e. The predicted molar refractivity (Wildman–Crippen MR) is 66.6 cm³/mol. The van der Waals surface area contributed by atoms with Crippen molar-refractivity contribution in [1.29, 1.82) is 0 Å². The quantitative estimate of drug-likeness (QED) is 0.698. The molecule has 3 rings (SSSR count). The molecule has 5 nitrogen and oxygen atoms in total. The molecule has 90 valence electrons. The number of aromatic nitrogens is 2. The molecule has 2 N–H and O–H groups in total. The Kier molecular flexibility index (Phi) is 2.37. The van der Waals surface area contributed by atoms with Gasteiger partial charge < -0.3 is 14.7 Å². The summed E-state index contributed by atoms with van der Waals surface area (Å²) in [5.41, 5.74) is 7.22. The van der Waals surface area contributed by atoms with Crippen molar-refractivity contribution in [3.8, 4) is 23.0 Å². The van der Waals surface area contributed by atoms with Crippen molar-refractivity contribution in [3.05, 3.63) is 42.2 Å². The summed E-state index contributed by atoms with van der Waals surface area (Å²) >= 11 is 0. The molecule has 18 heavy (non-hydrogen) atoms. The van der Waals surface area contributed by atoms with Crippen LogP contribution < -0.4 is 5.73 Å². The van der Waals surface area contributed by atoms with Crippen LogP contribution in [0.4, 0.5) is 5.69 Å². The third-order valence-corrected chi connectivity index (χ3v) is 2.58. The van der Waals surface area contributed by atoms with Crippen LogP contribution in [-0.4, -0.2) is 10.1 Å². The zero-order valence-corrected chi connectivity index (χ0v) is 9.75. The fraction of sp³-hybridized carbons (Fsp3) is 0.0769. The Labute approximate surface area is 103 Å². The first kappa shape index (κ1) is 10.6. The van der Waals surface area contributed by atoms with Crippen LogP contribution in [-0.2, 0) is 0 Å². The molecule has 5 heteroatoms. The Morgan fingerprint density at radius 2 is 1.94 bits per heavy atom. The van der Waals surface area contributed by atoms with E-state index in [9.17, 15) is 0 Å². The van der Waals surface area contributed by atoms with Gasteiger partial charge in [-0.1, -0.05) is 17.3 Å². The Morgan fingerprint density at radius 3 is 2.67 bits per heavy atom. The number of furan rings is 1. The van der Waals surface area contributed by atoms with Crippen molar-refractivity contribution in [1.82, 2.24) is 10.1 Å². The number of rotatable bonds is 2. The molecular weight excluding hydrogens is 230 g/mol. The molecule has 0 amide bonds. The van der Waals surface area contributed by atoms with Gasteiger partial charge in [-0.3, -0.25) is 0 Å². The van der Waals surface area contributed by atoms with Crippen LogP contribution in [0.15, 0.2) is 45.3 Å². The van der Waals surface area contributed by atoms with Gasteiger partial charge in [-0.2, -0.15) is 4.98 Å². The van der Waals surface area contributed by atoms with E-state index in [1.807, 2.05) is 31.2 Å². The molecule has 0 aliphatic rings. The fourth-order valence-corrected chi connectivity index (χ4v) is 1.68. The van der Waals surface area contributed by atoms with Crippen LogP contribution in [0.25, 0.3) is 23.0 Å². The minimum absolute atomic E-state index is 0.348. The number of anilines is 1. The molecule has 2 heterocycles. The van der Waals surface area contributed by atoms with E-state index >= 15 is 0 Å². The maximum absolute atomic E-state index is 5.86. The molecule has 0 spiro atoms. The second-order valence-corrected chi connectivity index (χ2v) is 3.92. The Bertz CT molecular complexity index is 685. The molecule has 0 atom stereocenters. The lowest BCUT2D eigenvalue weighted by Crippen LogP contribution is -1.90. The molecule has 0 saturated heterocycles. The van der Waals surface area contributed by atoms with Gasteiger partial charge in [0.25, 0.3) is 5.89 Å². The lowest BCUT2D eigenvalue weighted by molar-refractivity contribution is 0.414. The second kappa shape index (κ2) is 4.03. The van der Waals surface area contributed by atoms with Gasteiger partial charge in [0.1, 0.15) is 5.76 Å². The van der Waals surface area contributed by atoms with Crippen molar-refractivity contribution < 1.29 is 8.94 Å². The highest BCUT2D eigenvalue weighted by atomic mass is 16.5. The maximum atomic E-state index is 5.86. The lowest BCUT2D eigenvalue weighted by Gasteiger charge is -1.97. The molecule has 0 aliphatic carbocycles. The topological polar surface area (TPSA) is 78.1 Å². The van der Waals surface area contributed by atoms with Gasteiger partial charge >= 0.3 is 0 Å². The Hall–Kier alpha value is -2.56. The summed E-state index contributed by atoms with van der Waals surface area (Å²) in [6.07, 6.45) is 0. The minimum Gasteiger partial charge on any atom is -0.456 e. The van der Waals surface area contributed by atoms with Crippen molar-refractivity contribution in [3.63, 3.8) is 0 Å². The van der Waals surface area contributed by atoms with E-state index in [0.29, 0.717) is 23.2 Å². The first-order valence-corrected chi connectivity index (χ1v) is 5.49. The van der Waals surface area contributed by atoms with Gasteiger partial charge in [0.2, 0.25) is 5.82 Å². The van der Waals surface area contributed by atoms with Crippen LogP contribution in [0.3, 0.4) is 0 Å². The Balaban J connectivity index is 2.02. The van der Waals surface area contributed by atoms with Crippen LogP contribution >= 0.6 is 0 Å². The highest BCUT2D eigenvalue weighted by Crippen LogP contribution is 2.26. The lowest BCUT2D eigenvalue weighted by atomic mass is 10.2. The van der Waals surface area contributed by atoms with Gasteiger partial charge in [-0.15, -0.1) is 0 Å². The number of para-hydroxylation sites is 1. The smallest absolute Gasteiger partial charge is 0.293 e. The summed E-state index contributed by atoms with van der Waals surface area (Å²) in [6, 6.07) is 11.0. The van der Waals surface area contributed by atoms with Crippen LogP contribution in [0.1, 0.15) is 5.76 Å². The number of hydrogen-bond donors (Lipinski definition) is 1. The zero-order valence-electron chi connectivity index (χ0n) is 9.75. The summed E-state index contributed by atoms with van der Waals surface area (Å²) in [7, 11) is 0. The van der Waals surface area contributed by atoms with Crippen molar-refractivity contribution >= 4 is 5.69 Å². The maximum Gasteiger partial charge on any atom is 0.293 e. The highest BCUT2D eigenvalue weighted by Gasteiger charge is 2.14. The average Bonchev–Trinajstić information content (AvgIpc) is 2.98. The van der Waals surface area contributed by atoms with E-state index in [1.54, 1.807) is 12.1 Å². The van der Waals surface area contributed by atoms with Crippen molar-refractivity contribution in [2.24, 2.45) is 0 Å². The number of hydrogen-bond acceptors (Lipinski definition) is 5.